The third kappa shape index (κ3) is 12.3. The minimum absolute atomic E-state index is 0.00275. The Kier molecular flexibility index (Phi) is 16.3. The fraction of sp³-hybridized carbons (Fsp3) is 0.558. The van der Waals surface area contributed by atoms with E-state index in [9.17, 15) is 24.0 Å². The monoisotopic (exact) mass is 844 g/mol. The minimum atomic E-state index is -0.681. The van der Waals surface area contributed by atoms with Gasteiger partial charge in [0.05, 0.1) is 17.8 Å². The average molecular weight is 844 g/mol. The molecule has 3 aromatic rings. The number of hydrogen-bond acceptors (Lipinski definition) is 5. The second kappa shape index (κ2) is 22.4. The van der Waals surface area contributed by atoms with E-state index >= 15 is 0 Å². The van der Waals surface area contributed by atoms with E-state index in [2.05, 4.69) is 47.1 Å². The third-order valence-corrected chi connectivity index (χ3v) is 13.8. The molecule has 2 aliphatic heterocycles. The average Bonchev–Trinajstić information content (AvgIpc) is 4.22. The van der Waals surface area contributed by atoms with Crippen molar-refractivity contribution in [2.24, 2.45) is 17.8 Å². The highest BCUT2D eigenvalue weighted by molar-refractivity contribution is 5.99. The molecule has 7 atom stereocenters. The van der Waals surface area contributed by atoms with Crippen LogP contribution in [-0.4, -0.2) is 84.1 Å². The van der Waals surface area contributed by atoms with Crippen LogP contribution in [0.3, 0.4) is 0 Å². The zero-order valence-corrected chi connectivity index (χ0v) is 36.9. The molecule has 3 aromatic carbocycles. The van der Waals surface area contributed by atoms with Crippen molar-refractivity contribution < 1.29 is 24.0 Å². The molecule has 0 bridgehead atoms. The van der Waals surface area contributed by atoms with Gasteiger partial charge in [0, 0.05) is 67.8 Å². The third-order valence-electron chi connectivity index (χ3n) is 13.8. The molecular weight excluding hydrogens is 775 g/mol. The highest BCUT2D eigenvalue weighted by Crippen LogP contribution is 2.42. The van der Waals surface area contributed by atoms with Gasteiger partial charge in [-0.05, 0) is 67.5 Å². The molecule has 2 aliphatic carbocycles. The number of amides is 5. The molecular formula is C52H69N5O5. The van der Waals surface area contributed by atoms with Crippen molar-refractivity contribution in [3.05, 3.63) is 107 Å². The number of piperidine rings is 1. The van der Waals surface area contributed by atoms with Crippen molar-refractivity contribution in [1.82, 2.24) is 25.8 Å². The van der Waals surface area contributed by atoms with Crippen LogP contribution in [0.5, 0.6) is 0 Å². The number of carbonyl (C=O) groups is 5. The van der Waals surface area contributed by atoms with Gasteiger partial charge in [-0.1, -0.05) is 138 Å². The van der Waals surface area contributed by atoms with E-state index in [-0.39, 0.29) is 72.5 Å². The number of nitrogens with zero attached hydrogens (tertiary/aromatic N) is 2. The maximum absolute atomic E-state index is 14.0. The summed E-state index contributed by atoms with van der Waals surface area (Å²) < 4.78 is 0. The van der Waals surface area contributed by atoms with Crippen LogP contribution >= 0.6 is 0 Å². The van der Waals surface area contributed by atoms with Crippen molar-refractivity contribution in [3.8, 4) is 0 Å². The van der Waals surface area contributed by atoms with E-state index < -0.39 is 11.8 Å². The molecule has 10 heteroatoms. The molecule has 2 saturated heterocycles. The van der Waals surface area contributed by atoms with Gasteiger partial charge in [0.15, 0.2) is 0 Å². The fourth-order valence-corrected chi connectivity index (χ4v) is 9.74. The SMILES string of the molecule is CCCCCCCCCCCCCCNC(=O)[C@@H]1CCCN(C(=O)c2ccc(C(=O)N3C[C@@H](C(=O)N[C@H]4C[C@@H]4c4ccccc4)[C@H](C(=O)N[C@H]4C[C@@H]4c4ccccc4)C3)cc2)C1. The summed E-state index contributed by atoms with van der Waals surface area (Å²) in [6.45, 7) is 4.17. The van der Waals surface area contributed by atoms with Crippen molar-refractivity contribution in [2.45, 2.75) is 134 Å². The smallest absolute Gasteiger partial charge is 0.253 e. The topological polar surface area (TPSA) is 128 Å². The lowest BCUT2D eigenvalue weighted by atomic mass is 9.94. The lowest BCUT2D eigenvalue weighted by molar-refractivity contribution is -0.133. The van der Waals surface area contributed by atoms with Crippen molar-refractivity contribution in [1.29, 1.82) is 0 Å². The summed E-state index contributed by atoms with van der Waals surface area (Å²) in [4.78, 5) is 71.8. The summed E-state index contributed by atoms with van der Waals surface area (Å²) in [6, 6.07) is 26.9. The van der Waals surface area contributed by atoms with E-state index in [1.807, 2.05) is 36.4 Å². The number of rotatable bonds is 22. The predicted molar refractivity (Wildman–Crippen MR) is 244 cm³/mol. The Bertz CT molecular complexity index is 1860. The van der Waals surface area contributed by atoms with Gasteiger partial charge in [-0.25, -0.2) is 0 Å². The largest absolute Gasteiger partial charge is 0.356 e. The van der Waals surface area contributed by atoms with Crippen LogP contribution in [0, 0.1) is 17.8 Å². The Balaban J connectivity index is 0.875. The van der Waals surface area contributed by atoms with Gasteiger partial charge in [0.1, 0.15) is 0 Å². The zero-order valence-electron chi connectivity index (χ0n) is 36.9. The standard InChI is InChI=1S/C52H69N5O5/c1-2-3-4-5-6-7-8-9-10-11-12-19-30-53-48(58)41-25-20-31-56(34-41)51(61)39-26-28-40(29-27-39)52(62)57-35-44(49(59)54-46-32-42(46)37-21-15-13-16-22-37)45(36-57)50(60)55-47-33-43(47)38-23-17-14-18-24-38/h13-18,21-24,26-29,41-47H,2-12,19-20,25,30-36H2,1H3,(H,53,58)(H,54,59)(H,55,60)/t41-,42-,43-,44-,45-,46+,47+/m1/s1. The first-order chi connectivity index (χ1) is 30.3. The van der Waals surface area contributed by atoms with E-state index in [1.54, 1.807) is 34.1 Å². The van der Waals surface area contributed by atoms with Gasteiger partial charge in [-0.3, -0.25) is 24.0 Å². The fourth-order valence-electron chi connectivity index (χ4n) is 9.74. The first kappa shape index (κ1) is 45.0. The van der Waals surface area contributed by atoms with Gasteiger partial charge in [-0.2, -0.15) is 0 Å². The maximum atomic E-state index is 14.0. The Morgan fingerprint density at radius 2 is 0.984 bits per heavy atom. The van der Waals surface area contributed by atoms with Crippen molar-refractivity contribution >= 4 is 29.5 Å². The molecule has 0 aromatic heterocycles. The number of nitrogens with one attached hydrogen (secondary N) is 3. The number of unbranched alkanes of at least 4 members (excludes halogenated alkanes) is 11. The van der Waals surface area contributed by atoms with Crippen LogP contribution in [0.2, 0.25) is 0 Å². The van der Waals surface area contributed by atoms with E-state index in [0.29, 0.717) is 30.8 Å². The number of benzene rings is 3. The summed E-state index contributed by atoms with van der Waals surface area (Å²) in [7, 11) is 0. The van der Waals surface area contributed by atoms with Gasteiger partial charge >= 0.3 is 0 Å². The van der Waals surface area contributed by atoms with Gasteiger partial charge in [-0.15, -0.1) is 0 Å². The second-order valence-corrected chi connectivity index (χ2v) is 18.5. The zero-order chi connectivity index (χ0) is 43.3. The Morgan fingerprint density at radius 1 is 0.532 bits per heavy atom. The van der Waals surface area contributed by atoms with E-state index in [0.717, 1.165) is 38.5 Å². The number of hydrogen-bond donors (Lipinski definition) is 3. The quantitative estimate of drug-likeness (QED) is 0.0877. The summed E-state index contributed by atoms with van der Waals surface area (Å²) in [6.07, 6.45) is 18.6. The van der Waals surface area contributed by atoms with Gasteiger partial charge < -0.3 is 25.8 Å². The predicted octanol–water partition coefficient (Wildman–Crippen LogP) is 8.39. The minimum Gasteiger partial charge on any atom is -0.356 e. The van der Waals surface area contributed by atoms with Crippen molar-refractivity contribution in [2.75, 3.05) is 32.7 Å². The van der Waals surface area contributed by atoms with Crippen molar-refractivity contribution in [3.63, 3.8) is 0 Å². The van der Waals surface area contributed by atoms with E-state index in [4.69, 9.17) is 0 Å². The van der Waals surface area contributed by atoms with Crippen LogP contribution in [0.1, 0.15) is 153 Å². The summed E-state index contributed by atoms with van der Waals surface area (Å²) >= 11 is 0. The molecule has 62 heavy (non-hydrogen) atoms. The van der Waals surface area contributed by atoms with Gasteiger partial charge in [0.25, 0.3) is 11.8 Å². The first-order valence-electron chi connectivity index (χ1n) is 24.0. The van der Waals surface area contributed by atoms with Crippen LogP contribution in [-0.2, 0) is 14.4 Å². The summed E-state index contributed by atoms with van der Waals surface area (Å²) in [5, 5.41) is 9.52. The first-order valence-corrected chi connectivity index (χ1v) is 24.0. The van der Waals surface area contributed by atoms with Crippen LogP contribution in [0.25, 0.3) is 0 Å². The summed E-state index contributed by atoms with van der Waals surface area (Å²) in [5.41, 5.74) is 3.23. The number of likely N-dealkylation sites (tertiary alicyclic amines) is 2. The Labute approximate surface area is 369 Å². The molecule has 10 nitrogen and oxygen atoms in total. The molecule has 2 heterocycles. The highest BCUT2D eigenvalue weighted by atomic mass is 16.2. The molecule has 5 amide bonds. The maximum Gasteiger partial charge on any atom is 0.253 e. The Hall–Kier alpha value is -4.99. The Morgan fingerprint density at radius 3 is 1.47 bits per heavy atom. The molecule has 332 valence electrons. The lowest BCUT2D eigenvalue weighted by Gasteiger charge is -2.32. The normalized spacial score (nSPS) is 24.0. The lowest BCUT2D eigenvalue weighted by Crippen LogP contribution is -2.45. The molecule has 0 unspecified atom stereocenters. The molecule has 4 aliphatic rings. The van der Waals surface area contributed by atoms with E-state index in [1.165, 1.54) is 75.3 Å². The number of carbonyl (C=O) groups excluding carboxylic acids is 5. The molecule has 3 N–H and O–H groups in total. The second-order valence-electron chi connectivity index (χ2n) is 18.5. The highest BCUT2D eigenvalue weighted by Gasteiger charge is 2.49. The van der Waals surface area contributed by atoms with Crippen LogP contribution < -0.4 is 16.0 Å². The molecule has 2 saturated carbocycles. The van der Waals surface area contributed by atoms with Crippen LogP contribution in [0.4, 0.5) is 0 Å². The molecule has 0 spiro atoms. The molecule has 7 rings (SSSR count). The molecule has 0 radical (unpaired) electrons. The van der Waals surface area contributed by atoms with Crippen LogP contribution in [0.15, 0.2) is 84.9 Å². The summed E-state index contributed by atoms with van der Waals surface area (Å²) in [5.74, 6) is -1.90. The molecule has 4 fully saturated rings. The van der Waals surface area contributed by atoms with Gasteiger partial charge in [0.2, 0.25) is 17.7 Å².